The van der Waals surface area contributed by atoms with Gasteiger partial charge in [-0.1, -0.05) is 6.07 Å². The molecule has 4 aromatic rings. The lowest BCUT2D eigenvalue weighted by molar-refractivity contribution is 0.0698. The van der Waals surface area contributed by atoms with Gasteiger partial charge in [-0.25, -0.2) is 23.2 Å². The van der Waals surface area contributed by atoms with E-state index < -0.39 is 11.8 Å². The predicted molar refractivity (Wildman–Crippen MR) is 108 cm³/mol. The number of anilines is 1. The molecule has 8 heteroatoms. The summed E-state index contributed by atoms with van der Waals surface area (Å²) in [5, 5.41) is 17.1. The molecule has 0 amide bonds. The Labute approximate surface area is 169 Å². The molecule has 1 aliphatic rings. The third-order valence-corrected chi connectivity index (χ3v) is 5.05. The lowest BCUT2D eigenvalue weighted by atomic mass is 10.0. The fourth-order valence-corrected chi connectivity index (χ4v) is 3.40. The second-order valence-electron chi connectivity index (χ2n) is 7.25. The first-order valence-corrected chi connectivity index (χ1v) is 9.43. The highest BCUT2D eigenvalue weighted by atomic mass is 19.1. The number of carboxylic acid groups (broad SMARTS) is 1. The van der Waals surface area contributed by atoms with E-state index in [1.54, 1.807) is 30.5 Å². The smallest absolute Gasteiger partial charge is 0.337 e. The van der Waals surface area contributed by atoms with Gasteiger partial charge in [-0.2, -0.15) is 5.10 Å². The van der Waals surface area contributed by atoms with Gasteiger partial charge in [0.2, 0.25) is 0 Å². The van der Waals surface area contributed by atoms with Gasteiger partial charge in [-0.15, -0.1) is 0 Å². The monoisotopic (exact) mass is 406 g/mol. The summed E-state index contributed by atoms with van der Waals surface area (Å²) in [6, 6.07) is 10.7. The van der Waals surface area contributed by atoms with Crippen molar-refractivity contribution in [3.8, 4) is 16.8 Å². The van der Waals surface area contributed by atoms with Crippen LogP contribution in [0, 0.1) is 11.6 Å². The van der Waals surface area contributed by atoms with Crippen LogP contribution < -0.4 is 5.32 Å². The van der Waals surface area contributed by atoms with Crippen molar-refractivity contribution in [2.24, 2.45) is 0 Å². The minimum absolute atomic E-state index is 0.133. The van der Waals surface area contributed by atoms with Crippen molar-refractivity contribution in [1.29, 1.82) is 0 Å². The maximum Gasteiger partial charge on any atom is 0.337 e. The normalized spacial score (nSPS) is 13.5. The van der Waals surface area contributed by atoms with E-state index in [1.165, 1.54) is 22.9 Å². The molecule has 0 saturated heterocycles. The highest BCUT2D eigenvalue weighted by Crippen LogP contribution is 2.34. The molecule has 0 aliphatic heterocycles. The van der Waals surface area contributed by atoms with Crippen molar-refractivity contribution in [2.75, 3.05) is 5.32 Å². The molecule has 0 bridgehead atoms. The first-order chi connectivity index (χ1) is 14.5. The lowest BCUT2D eigenvalue weighted by Crippen LogP contribution is -2.08. The number of nitrogens with one attached hydrogen (secondary N) is 1. The Bertz CT molecular complexity index is 1280. The number of carbonyl (C=O) groups is 1. The summed E-state index contributed by atoms with van der Waals surface area (Å²) in [6.07, 6.45) is 4.70. The van der Waals surface area contributed by atoms with E-state index >= 15 is 0 Å². The van der Waals surface area contributed by atoms with Crippen molar-refractivity contribution >= 4 is 22.7 Å². The van der Waals surface area contributed by atoms with Crippen LogP contribution >= 0.6 is 0 Å². The summed E-state index contributed by atoms with van der Waals surface area (Å²) in [5.41, 5.74) is 2.72. The number of benzene rings is 2. The van der Waals surface area contributed by atoms with E-state index in [1.807, 2.05) is 0 Å². The van der Waals surface area contributed by atoms with Crippen LogP contribution in [0.5, 0.6) is 0 Å². The van der Waals surface area contributed by atoms with Crippen LogP contribution in [-0.4, -0.2) is 31.9 Å². The lowest BCUT2D eigenvalue weighted by Gasteiger charge is -2.12. The van der Waals surface area contributed by atoms with E-state index in [4.69, 9.17) is 0 Å². The van der Waals surface area contributed by atoms with Gasteiger partial charge in [0.25, 0.3) is 0 Å². The summed E-state index contributed by atoms with van der Waals surface area (Å²) in [4.78, 5) is 15.7. The molecule has 0 atom stereocenters. The van der Waals surface area contributed by atoms with E-state index in [0.29, 0.717) is 28.0 Å². The van der Waals surface area contributed by atoms with Crippen LogP contribution in [0.2, 0.25) is 0 Å². The summed E-state index contributed by atoms with van der Waals surface area (Å²) in [6.45, 7) is 0. The van der Waals surface area contributed by atoms with E-state index in [-0.39, 0.29) is 23.0 Å². The van der Waals surface area contributed by atoms with Crippen LogP contribution in [0.4, 0.5) is 14.5 Å². The number of aromatic carboxylic acids is 1. The van der Waals surface area contributed by atoms with Crippen molar-refractivity contribution in [2.45, 2.75) is 18.9 Å². The molecular weight excluding hydrogens is 390 g/mol. The Morgan fingerprint density at radius 2 is 1.90 bits per heavy atom. The predicted octanol–water partition coefficient (Wildman–Crippen LogP) is 4.64. The van der Waals surface area contributed by atoms with Crippen LogP contribution in [-0.2, 0) is 0 Å². The molecule has 2 N–H and O–H groups in total. The zero-order chi connectivity index (χ0) is 20.8. The Morgan fingerprint density at radius 1 is 1.13 bits per heavy atom. The molecule has 0 spiro atoms. The van der Waals surface area contributed by atoms with E-state index in [2.05, 4.69) is 15.4 Å². The standard InChI is InChI=1S/C22H16F2N4O2/c23-13-2-6-15(7-3-13)28-11-19-21(27-28)20(17(24)10-25-19)12-1-8-16(22(29)30)18(9-12)26-14-4-5-14/h1-3,6-11,14,26H,4-5H2,(H,29,30). The fourth-order valence-electron chi connectivity index (χ4n) is 3.40. The number of rotatable bonds is 5. The van der Waals surface area contributed by atoms with Gasteiger partial charge in [-0.05, 0) is 54.8 Å². The first kappa shape index (κ1) is 18.2. The second-order valence-corrected chi connectivity index (χ2v) is 7.25. The molecule has 150 valence electrons. The van der Waals surface area contributed by atoms with Gasteiger partial charge in [0.05, 0.1) is 23.6 Å². The molecule has 1 aliphatic carbocycles. The number of halogens is 2. The average Bonchev–Trinajstić information content (AvgIpc) is 3.43. The zero-order valence-corrected chi connectivity index (χ0v) is 15.6. The maximum absolute atomic E-state index is 14.8. The van der Waals surface area contributed by atoms with Gasteiger partial charge >= 0.3 is 5.97 Å². The molecule has 2 heterocycles. The topological polar surface area (TPSA) is 80.0 Å². The third kappa shape index (κ3) is 3.26. The molecule has 6 nitrogen and oxygen atoms in total. The summed E-state index contributed by atoms with van der Waals surface area (Å²) < 4.78 is 29.6. The molecular formula is C22H16F2N4O2. The van der Waals surface area contributed by atoms with Crippen molar-refractivity contribution < 1.29 is 18.7 Å². The molecule has 5 rings (SSSR count). The fraction of sp³-hybridized carbons (Fsp3) is 0.136. The number of carboxylic acids is 1. The average molecular weight is 406 g/mol. The van der Waals surface area contributed by atoms with Crippen molar-refractivity contribution in [1.82, 2.24) is 14.8 Å². The Balaban J connectivity index is 1.65. The Kier molecular flexibility index (Phi) is 4.20. The SMILES string of the molecule is O=C(O)c1ccc(-c2c(F)cnc3cn(-c4ccc(F)cc4)nc23)cc1NC1CC1. The molecule has 0 radical (unpaired) electrons. The minimum atomic E-state index is -1.05. The van der Waals surface area contributed by atoms with Gasteiger partial charge in [0, 0.05) is 17.3 Å². The van der Waals surface area contributed by atoms with Crippen LogP contribution in [0.1, 0.15) is 23.2 Å². The van der Waals surface area contributed by atoms with Crippen LogP contribution in [0.15, 0.2) is 54.9 Å². The summed E-state index contributed by atoms with van der Waals surface area (Å²) in [7, 11) is 0. The molecule has 2 aromatic heterocycles. The van der Waals surface area contributed by atoms with Crippen molar-refractivity contribution in [3.05, 3.63) is 72.1 Å². The van der Waals surface area contributed by atoms with Gasteiger partial charge in [0.1, 0.15) is 16.9 Å². The molecule has 2 aromatic carbocycles. The largest absolute Gasteiger partial charge is 0.478 e. The number of aromatic nitrogens is 3. The maximum atomic E-state index is 14.8. The second kappa shape index (κ2) is 6.91. The van der Waals surface area contributed by atoms with Gasteiger partial charge in [-0.3, -0.25) is 0 Å². The number of pyridine rings is 1. The first-order valence-electron chi connectivity index (χ1n) is 9.43. The van der Waals surface area contributed by atoms with Crippen LogP contribution in [0.25, 0.3) is 27.8 Å². The highest BCUT2D eigenvalue weighted by Gasteiger charge is 2.24. The summed E-state index contributed by atoms with van der Waals surface area (Å²) >= 11 is 0. The molecule has 30 heavy (non-hydrogen) atoms. The number of fused-ring (bicyclic) bond motifs is 1. The van der Waals surface area contributed by atoms with Crippen LogP contribution in [0.3, 0.4) is 0 Å². The Hall–Kier alpha value is -3.81. The number of nitrogens with zero attached hydrogens (tertiary/aromatic N) is 3. The number of hydrogen-bond acceptors (Lipinski definition) is 4. The molecule has 0 unspecified atom stereocenters. The van der Waals surface area contributed by atoms with E-state index in [9.17, 15) is 18.7 Å². The minimum Gasteiger partial charge on any atom is -0.478 e. The van der Waals surface area contributed by atoms with Gasteiger partial charge in [0.15, 0.2) is 5.82 Å². The van der Waals surface area contributed by atoms with Crippen molar-refractivity contribution in [3.63, 3.8) is 0 Å². The number of hydrogen-bond donors (Lipinski definition) is 2. The zero-order valence-electron chi connectivity index (χ0n) is 15.6. The van der Waals surface area contributed by atoms with Gasteiger partial charge < -0.3 is 10.4 Å². The van der Waals surface area contributed by atoms with E-state index in [0.717, 1.165) is 19.0 Å². The Morgan fingerprint density at radius 3 is 2.60 bits per heavy atom. The third-order valence-electron chi connectivity index (χ3n) is 5.05. The quantitative estimate of drug-likeness (QED) is 0.505. The molecule has 1 fully saturated rings. The summed E-state index contributed by atoms with van der Waals surface area (Å²) in [5.74, 6) is -1.98. The molecule has 1 saturated carbocycles. The highest BCUT2D eigenvalue weighted by molar-refractivity contribution is 5.98.